The molecule has 20 heavy (non-hydrogen) atoms. The minimum atomic E-state index is -0.813. The first kappa shape index (κ1) is 16.9. The summed E-state index contributed by atoms with van der Waals surface area (Å²) in [7, 11) is 3.94. The second-order valence-corrected chi connectivity index (χ2v) is 5.69. The quantitative estimate of drug-likeness (QED) is 0.739. The molecular formula is C14H21BrN2O3. The van der Waals surface area contributed by atoms with Gasteiger partial charge in [0.25, 0.3) is 0 Å². The van der Waals surface area contributed by atoms with Gasteiger partial charge in [-0.2, -0.15) is 0 Å². The van der Waals surface area contributed by atoms with Crippen LogP contribution < -0.4 is 4.74 Å². The van der Waals surface area contributed by atoms with Crippen molar-refractivity contribution in [3.05, 3.63) is 28.7 Å². The van der Waals surface area contributed by atoms with E-state index in [0.29, 0.717) is 19.7 Å². The summed E-state index contributed by atoms with van der Waals surface area (Å²) in [5, 5.41) is 8.89. The molecule has 0 aliphatic carbocycles. The smallest absolute Gasteiger partial charge is 0.317 e. The van der Waals surface area contributed by atoms with Crippen LogP contribution in [-0.2, 0) is 4.79 Å². The Kier molecular flexibility index (Phi) is 7.58. The highest BCUT2D eigenvalue weighted by molar-refractivity contribution is 9.10. The lowest BCUT2D eigenvalue weighted by Crippen LogP contribution is -2.38. The molecule has 1 aromatic carbocycles. The lowest BCUT2D eigenvalue weighted by Gasteiger charge is -2.22. The second kappa shape index (κ2) is 8.94. The molecule has 0 aromatic heterocycles. The molecule has 0 fully saturated rings. The summed E-state index contributed by atoms with van der Waals surface area (Å²) in [6.07, 6.45) is 0. The van der Waals surface area contributed by atoms with Crippen LogP contribution in [0.25, 0.3) is 0 Å². The number of likely N-dealkylation sites (N-methyl/N-ethyl adjacent to an activating group) is 1. The van der Waals surface area contributed by atoms with Crippen molar-refractivity contribution in [1.29, 1.82) is 0 Å². The van der Waals surface area contributed by atoms with E-state index in [1.807, 2.05) is 48.2 Å². The molecule has 0 saturated carbocycles. The first-order chi connectivity index (χ1) is 9.47. The van der Waals surface area contributed by atoms with Gasteiger partial charge in [-0.05, 0) is 38.4 Å². The van der Waals surface area contributed by atoms with Crippen LogP contribution in [0.4, 0.5) is 0 Å². The van der Waals surface area contributed by atoms with Crippen LogP contribution in [0, 0.1) is 0 Å². The first-order valence-corrected chi connectivity index (χ1v) is 7.24. The van der Waals surface area contributed by atoms with Gasteiger partial charge in [0.15, 0.2) is 0 Å². The van der Waals surface area contributed by atoms with E-state index in [2.05, 4.69) is 15.9 Å². The monoisotopic (exact) mass is 344 g/mol. The summed E-state index contributed by atoms with van der Waals surface area (Å²) >= 11 is 3.36. The standard InChI is InChI=1S/C14H21BrN2O3/c1-16(2)7-8-17(11-14(18)19)9-10-20-13-5-3-12(15)4-6-13/h3-6H,7-11H2,1-2H3,(H,18,19). The summed E-state index contributed by atoms with van der Waals surface area (Å²) in [5.41, 5.74) is 0. The van der Waals surface area contributed by atoms with Crippen molar-refractivity contribution in [3.8, 4) is 5.75 Å². The summed E-state index contributed by atoms with van der Waals surface area (Å²) in [4.78, 5) is 14.7. The van der Waals surface area contributed by atoms with Crippen LogP contribution in [0.15, 0.2) is 28.7 Å². The van der Waals surface area contributed by atoms with Crippen molar-refractivity contribution >= 4 is 21.9 Å². The average molecular weight is 345 g/mol. The Morgan fingerprint density at radius 2 is 1.85 bits per heavy atom. The van der Waals surface area contributed by atoms with Crippen LogP contribution in [0.2, 0.25) is 0 Å². The van der Waals surface area contributed by atoms with E-state index in [0.717, 1.165) is 16.8 Å². The van der Waals surface area contributed by atoms with Crippen LogP contribution in [0.5, 0.6) is 5.75 Å². The molecule has 1 aromatic rings. The third-order valence-corrected chi connectivity index (χ3v) is 3.24. The molecule has 0 amide bonds. The SMILES string of the molecule is CN(C)CCN(CCOc1ccc(Br)cc1)CC(=O)O. The molecule has 0 heterocycles. The zero-order chi connectivity index (χ0) is 15.0. The maximum absolute atomic E-state index is 10.8. The van der Waals surface area contributed by atoms with E-state index in [9.17, 15) is 4.79 Å². The molecule has 0 aliphatic rings. The number of hydrogen-bond acceptors (Lipinski definition) is 4. The van der Waals surface area contributed by atoms with Crippen molar-refractivity contribution in [1.82, 2.24) is 9.80 Å². The van der Waals surface area contributed by atoms with Gasteiger partial charge in [0.2, 0.25) is 0 Å². The normalized spacial score (nSPS) is 11.1. The molecule has 0 bridgehead atoms. The summed E-state index contributed by atoms with van der Waals surface area (Å²) in [6.45, 7) is 2.64. The zero-order valence-corrected chi connectivity index (χ0v) is 13.5. The van der Waals surface area contributed by atoms with Crippen molar-refractivity contribution < 1.29 is 14.6 Å². The van der Waals surface area contributed by atoms with Gasteiger partial charge in [-0.15, -0.1) is 0 Å². The third kappa shape index (κ3) is 7.47. The fourth-order valence-electron chi connectivity index (χ4n) is 1.63. The number of carboxylic acids is 1. The highest BCUT2D eigenvalue weighted by atomic mass is 79.9. The van der Waals surface area contributed by atoms with E-state index in [1.165, 1.54) is 0 Å². The molecule has 0 saturated heterocycles. The number of carbonyl (C=O) groups is 1. The maximum atomic E-state index is 10.8. The molecule has 6 heteroatoms. The van der Waals surface area contributed by atoms with Gasteiger partial charge in [0.05, 0.1) is 6.54 Å². The van der Waals surface area contributed by atoms with E-state index in [4.69, 9.17) is 9.84 Å². The molecule has 5 nitrogen and oxygen atoms in total. The highest BCUT2D eigenvalue weighted by Gasteiger charge is 2.10. The fourth-order valence-corrected chi connectivity index (χ4v) is 1.89. The number of hydrogen-bond donors (Lipinski definition) is 1. The number of nitrogens with zero attached hydrogens (tertiary/aromatic N) is 2. The first-order valence-electron chi connectivity index (χ1n) is 6.44. The molecule has 112 valence electrons. The van der Waals surface area contributed by atoms with Gasteiger partial charge in [-0.25, -0.2) is 0 Å². The molecule has 0 aliphatic heterocycles. The zero-order valence-electron chi connectivity index (χ0n) is 11.9. The Bertz CT molecular complexity index is 409. The molecule has 0 unspecified atom stereocenters. The van der Waals surface area contributed by atoms with Crippen LogP contribution in [-0.4, -0.2) is 67.8 Å². The van der Waals surface area contributed by atoms with Gasteiger partial charge < -0.3 is 14.7 Å². The van der Waals surface area contributed by atoms with Gasteiger partial charge >= 0.3 is 5.97 Å². The minimum Gasteiger partial charge on any atom is -0.492 e. The van der Waals surface area contributed by atoms with E-state index in [1.54, 1.807) is 0 Å². The van der Waals surface area contributed by atoms with Gasteiger partial charge in [0, 0.05) is 24.1 Å². The Balaban J connectivity index is 2.36. The predicted molar refractivity (Wildman–Crippen MR) is 82.3 cm³/mol. The average Bonchev–Trinajstić information content (AvgIpc) is 2.37. The van der Waals surface area contributed by atoms with Crippen molar-refractivity contribution in [2.45, 2.75) is 0 Å². The van der Waals surface area contributed by atoms with Gasteiger partial charge in [-0.3, -0.25) is 9.69 Å². The summed E-state index contributed by atoms with van der Waals surface area (Å²) < 4.78 is 6.61. The molecule has 0 atom stereocenters. The van der Waals surface area contributed by atoms with Crippen molar-refractivity contribution in [2.24, 2.45) is 0 Å². The molecule has 1 N–H and O–H groups in total. The minimum absolute atomic E-state index is 0.0392. The molecule has 1 rings (SSSR count). The summed E-state index contributed by atoms with van der Waals surface area (Å²) in [5.74, 6) is -0.0246. The Hall–Kier alpha value is -1.11. The highest BCUT2D eigenvalue weighted by Crippen LogP contribution is 2.15. The van der Waals surface area contributed by atoms with E-state index in [-0.39, 0.29) is 6.54 Å². The Morgan fingerprint density at radius 3 is 2.40 bits per heavy atom. The van der Waals surface area contributed by atoms with Crippen LogP contribution >= 0.6 is 15.9 Å². The van der Waals surface area contributed by atoms with Crippen molar-refractivity contribution in [2.75, 3.05) is 46.9 Å². The van der Waals surface area contributed by atoms with Crippen molar-refractivity contribution in [3.63, 3.8) is 0 Å². The van der Waals surface area contributed by atoms with Gasteiger partial charge in [0.1, 0.15) is 12.4 Å². The lowest BCUT2D eigenvalue weighted by atomic mass is 10.3. The summed E-state index contributed by atoms with van der Waals surface area (Å²) in [6, 6.07) is 7.59. The number of carboxylic acid groups (broad SMARTS) is 1. The Morgan fingerprint density at radius 1 is 1.20 bits per heavy atom. The molecular weight excluding hydrogens is 324 g/mol. The molecule has 0 radical (unpaired) electrons. The van der Waals surface area contributed by atoms with E-state index < -0.39 is 5.97 Å². The second-order valence-electron chi connectivity index (χ2n) is 4.78. The predicted octanol–water partition coefficient (Wildman–Crippen LogP) is 1.78. The largest absolute Gasteiger partial charge is 0.492 e. The number of rotatable bonds is 9. The van der Waals surface area contributed by atoms with Gasteiger partial charge in [-0.1, -0.05) is 15.9 Å². The Labute approximate surface area is 128 Å². The number of benzene rings is 1. The fraction of sp³-hybridized carbons (Fsp3) is 0.500. The number of aliphatic carboxylic acids is 1. The molecule has 0 spiro atoms. The van der Waals surface area contributed by atoms with Crippen LogP contribution in [0.1, 0.15) is 0 Å². The number of ether oxygens (including phenoxy) is 1. The number of halogens is 1. The third-order valence-electron chi connectivity index (χ3n) is 2.71. The topological polar surface area (TPSA) is 53.0 Å². The maximum Gasteiger partial charge on any atom is 0.317 e. The van der Waals surface area contributed by atoms with Crippen LogP contribution in [0.3, 0.4) is 0 Å². The van der Waals surface area contributed by atoms with E-state index >= 15 is 0 Å². The lowest BCUT2D eigenvalue weighted by molar-refractivity contribution is -0.138.